The van der Waals surface area contributed by atoms with Gasteiger partial charge >= 0.3 is 0 Å². The molecule has 0 atom stereocenters. The fourth-order valence-electron chi connectivity index (χ4n) is 2.41. The van der Waals surface area contributed by atoms with E-state index in [1.165, 1.54) is 0 Å². The molecule has 0 radical (unpaired) electrons. The summed E-state index contributed by atoms with van der Waals surface area (Å²) in [5, 5.41) is 3.33. The van der Waals surface area contributed by atoms with Crippen LogP contribution in [-0.2, 0) is 6.54 Å². The summed E-state index contributed by atoms with van der Waals surface area (Å²) >= 11 is 0. The average molecular weight is 261 g/mol. The van der Waals surface area contributed by atoms with Gasteiger partial charge in [0.25, 0.3) is 0 Å². The summed E-state index contributed by atoms with van der Waals surface area (Å²) in [6, 6.07) is 5.09. The van der Waals surface area contributed by atoms with Crippen LogP contribution in [-0.4, -0.2) is 6.54 Å². The van der Waals surface area contributed by atoms with Crippen molar-refractivity contribution in [1.82, 2.24) is 5.32 Å². The van der Waals surface area contributed by atoms with Crippen LogP contribution >= 0.6 is 0 Å². The van der Waals surface area contributed by atoms with Gasteiger partial charge in [-0.05, 0) is 61.7 Å². The van der Waals surface area contributed by atoms with E-state index in [-0.39, 0.29) is 5.82 Å². The lowest BCUT2D eigenvalue weighted by Gasteiger charge is -2.11. The second kappa shape index (κ2) is 6.02. The molecule has 0 aliphatic carbocycles. The zero-order valence-corrected chi connectivity index (χ0v) is 11.7. The predicted molar refractivity (Wildman–Crippen MR) is 75.6 cm³/mol. The Morgan fingerprint density at radius 2 is 1.89 bits per heavy atom. The molecule has 0 fully saturated rings. The van der Waals surface area contributed by atoms with Gasteiger partial charge in [-0.1, -0.05) is 6.92 Å². The molecule has 3 heteroatoms. The summed E-state index contributed by atoms with van der Waals surface area (Å²) in [4.78, 5) is 0. The SMILES string of the molecule is CCCNCc1occc1-c1c(C)cc(F)cc1C. The lowest BCUT2D eigenvalue weighted by molar-refractivity contribution is 0.484. The number of benzene rings is 1. The Morgan fingerprint density at radius 1 is 1.21 bits per heavy atom. The van der Waals surface area contributed by atoms with Gasteiger partial charge in [0.1, 0.15) is 11.6 Å². The molecule has 2 rings (SSSR count). The molecule has 0 bridgehead atoms. The van der Waals surface area contributed by atoms with Crippen LogP contribution in [0.3, 0.4) is 0 Å². The minimum atomic E-state index is -0.187. The summed E-state index contributed by atoms with van der Waals surface area (Å²) in [5.41, 5.74) is 4.01. The molecule has 0 saturated heterocycles. The molecule has 19 heavy (non-hydrogen) atoms. The van der Waals surface area contributed by atoms with Crippen molar-refractivity contribution in [3.05, 3.63) is 47.2 Å². The molecule has 0 spiro atoms. The van der Waals surface area contributed by atoms with E-state index in [0.29, 0.717) is 6.54 Å². The summed E-state index contributed by atoms with van der Waals surface area (Å²) in [6.07, 6.45) is 2.78. The Labute approximate surface area is 113 Å². The summed E-state index contributed by atoms with van der Waals surface area (Å²) in [6.45, 7) is 7.65. The molecule has 0 aliphatic rings. The summed E-state index contributed by atoms with van der Waals surface area (Å²) in [7, 11) is 0. The van der Waals surface area contributed by atoms with E-state index >= 15 is 0 Å². The summed E-state index contributed by atoms with van der Waals surface area (Å²) < 4.78 is 18.9. The molecule has 102 valence electrons. The number of hydrogen-bond donors (Lipinski definition) is 1. The van der Waals surface area contributed by atoms with Gasteiger partial charge in [0.2, 0.25) is 0 Å². The number of furan rings is 1. The number of rotatable bonds is 5. The minimum absolute atomic E-state index is 0.187. The Kier molecular flexibility index (Phi) is 4.38. The van der Waals surface area contributed by atoms with E-state index < -0.39 is 0 Å². The molecule has 1 aromatic heterocycles. The van der Waals surface area contributed by atoms with Gasteiger partial charge in [-0.3, -0.25) is 0 Å². The first-order valence-electron chi connectivity index (χ1n) is 6.67. The smallest absolute Gasteiger partial charge is 0.125 e. The first-order valence-corrected chi connectivity index (χ1v) is 6.67. The third-order valence-electron chi connectivity index (χ3n) is 3.22. The molecule has 0 aliphatic heterocycles. The van der Waals surface area contributed by atoms with Crippen LogP contribution < -0.4 is 5.32 Å². The van der Waals surface area contributed by atoms with E-state index in [1.54, 1.807) is 18.4 Å². The average Bonchev–Trinajstić information content (AvgIpc) is 2.76. The van der Waals surface area contributed by atoms with Crippen LogP contribution in [0.2, 0.25) is 0 Å². The van der Waals surface area contributed by atoms with Crippen molar-refractivity contribution in [1.29, 1.82) is 0 Å². The highest BCUT2D eigenvalue weighted by molar-refractivity contribution is 5.72. The molecule has 2 nitrogen and oxygen atoms in total. The van der Waals surface area contributed by atoms with Crippen LogP contribution in [0.5, 0.6) is 0 Å². The van der Waals surface area contributed by atoms with Crippen LogP contribution in [0, 0.1) is 19.7 Å². The van der Waals surface area contributed by atoms with E-state index in [9.17, 15) is 4.39 Å². The Hall–Kier alpha value is -1.61. The van der Waals surface area contributed by atoms with Gasteiger partial charge in [0.05, 0.1) is 12.8 Å². The Bertz CT molecular complexity index is 537. The highest BCUT2D eigenvalue weighted by Gasteiger charge is 2.14. The molecule has 1 aromatic carbocycles. The first kappa shape index (κ1) is 13.8. The van der Waals surface area contributed by atoms with Crippen LogP contribution in [0.4, 0.5) is 4.39 Å². The molecule has 1 N–H and O–H groups in total. The minimum Gasteiger partial charge on any atom is -0.467 e. The zero-order chi connectivity index (χ0) is 13.8. The van der Waals surface area contributed by atoms with E-state index in [1.807, 2.05) is 19.9 Å². The normalized spacial score (nSPS) is 10.9. The maximum absolute atomic E-state index is 13.4. The maximum atomic E-state index is 13.4. The number of hydrogen-bond acceptors (Lipinski definition) is 2. The van der Waals surface area contributed by atoms with Gasteiger partial charge in [0.15, 0.2) is 0 Å². The fourth-order valence-corrected chi connectivity index (χ4v) is 2.41. The third kappa shape index (κ3) is 3.04. The second-order valence-electron chi connectivity index (χ2n) is 4.85. The number of aryl methyl sites for hydroxylation is 2. The van der Waals surface area contributed by atoms with Crippen LogP contribution in [0.15, 0.2) is 28.9 Å². The summed E-state index contributed by atoms with van der Waals surface area (Å²) in [5.74, 6) is 0.721. The van der Waals surface area contributed by atoms with Crippen LogP contribution in [0.25, 0.3) is 11.1 Å². The Morgan fingerprint density at radius 3 is 2.53 bits per heavy atom. The molecule has 1 heterocycles. The monoisotopic (exact) mass is 261 g/mol. The lowest BCUT2D eigenvalue weighted by Crippen LogP contribution is -2.13. The van der Waals surface area contributed by atoms with Gasteiger partial charge in [-0.25, -0.2) is 4.39 Å². The molecule has 0 saturated carbocycles. The van der Waals surface area contributed by atoms with Crippen molar-refractivity contribution >= 4 is 0 Å². The molecular weight excluding hydrogens is 241 g/mol. The van der Waals surface area contributed by atoms with E-state index in [4.69, 9.17) is 4.42 Å². The molecule has 2 aromatic rings. The third-order valence-corrected chi connectivity index (χ3v) is 3.22. The second-order valence-corrected chi connectivity index (χ2v) is 4.85. The van der Waals surface area contributed by atoms with Crippen molar-refractivity contribution < 1.29 is 8.81 Å². The lowest BCUT2D eigenvalue weighted by atomic mass is 9.96. The highest BCUT2D eigenvalue weighted by Crippen LogP contribution is 2.31. The maximum Gasteiger partial charge on any atom is 0.125 e. The van der Waals surface area contributed by atoms with Crippen molar-refractivity contribution in [3.8, 4) is 11.1 Å². The van der Waals surface area contributed by atoms with E-state index in [0.717, 1.165) is 41.0 Å². The molecule has 0 unspecified atom stereocenters. The topological polar surface area (TPSA) is 25.2 Å². The predicted octanol–water partition coefficient (Wildman–Crippen LogP) is 4.20. The van der Waals surface area contributed by atoms with Crippen molar-refractivity contribution in [2.24, 2.45) is 0 Å². The number of nitrogens with one attached hydrogen (secondary N) is 1. The Balaban J connectivity index is 2.35. The molecular formula is C16H20FNO. The highest BCUT2D eigenvalue weighted by atomic mass is 19.1. The van der Waals surface area contributed by atoms with Gasteiger partial charge < -0.3 is 9.73 Å². The molecule has 0 amide bonds. The van der Waals surface area contributed by atoms with Crippen molar-refractivity contribution in [2.45, 2.75) is 33.7 Å². The van der Waals surface area contributed by atoms with Gasteiger partial charge in [-0.15, -0.1) is 0 Å². The quantitative estimate of drug-likeness (QED) is 0.816. The van der Waals surface area contributed by atoms with Crippen molar-refractivity contribution in [2.75, 3.05) is 6.54 Å². The number of halogens is 1. The van der Waals surface area contributed by atoms with E-state index in [2.05, 4.69) is 12.2 Å². The van der Waals surface area contributed by atoms with Crippen LogP contribution in [0.1, 0.15) is 30.2 Å². The zero-order valence-electron chi connectivity index (χ0n) is 11.7. The fraction of sp³-hybridized carbons (Fsp3) is 0.375. The standard InChI is InChI=1S/C16H20FNO/c1-4-6-18-10-15-14(5-7-19-15)16-11(2)8-13(17)9-12(16)3/h5,7-9,18H,4,6,10H2,1-3H3. The van der Waals surface area contributed by atoms with Crippen molar-refractivity contribution in [3.63, 3.8) is 0 Å². The first-order chi connectivity index (χ1) is 9.13. The van der Waals surface area contributed by atoms with Gasteiger partial charge in [-0.2, -0.15) is 0 Å². The largest absolute Gasteiger partial charge is 0.467 e. The van der Waals surface area contributed by atoms with Gasteiger partial charge in [0, 0.05) is 5.56 Å².